The fourth-order valence-corrected chi connectivity index (χ4v) is 3.80. The normalized spacial score (nSPS) is 31.8. The van der Waals surface area contributed by atoms with Gasteiger partial charge in [0.15, 0.2) is 0 Å². The summed E-state index contributed by atoms with van der Waals surface area (Å²) in [5, 5.41) is 8.48. The Balaban J connectivity index is 1.63. The summed E-state index contributed by atoms with van der Waals surface area (Å²) in [5.41, 5.74) is 1.29. The van der Waals surface area contributed by atoms with Crippen LogP contribution in [-0.2, 0) is 4.74 Å². The van der Waals surface area contributed by atoms with Crippen LogP contribution in [0.2, 0.25) is 0 Å². The molecule has 4 nitrogen and oxygen atoms in total. The van der Waals surface area contributed by atoms with E-state index in [0.29, 0.717) is 12.0 Å². The first-order chi connectivity index (χ1) is 8.92. The van der Waals surface area contributed by atoms with Gasteiger partial charge in [0, 0.05) is 31.7 Å². The minimum atomic E-state index is 0.610. The van der Waals surface area contributed by atoms with Gasteiger partial charge >= 0.3 is 0 Å². The Kier molecular flexibility index (Phi) is 2.57. The van der Waals surface area contributed by atoms with Gasteiger partial charge in [-0.05, 0) is 31.6 Å². The van der Waals surface area contributed by atoms with Crippen LogP contribution in [0.15, 0.2) is 6.07 Å². The van der Waals surface area contributed by atoms with Crippen molar-refractivity contribution in [2.75, 3.05) is 25.1 Å². The van der Waals surface area contributed by atoms with Crippen LogP contribution in [0.4, 0.5) is 5.82 Å². The topological polar surface area (TPSA) is 39.1 Å². The van der Waals surface area contributed by atoms with Crippen molar-refractivity contribution in [2.45, 2.75) is 44.1 Å². The highest BCUT2D eigenvalue weighted by molar-refractivity contribution is 5.41. The molecule has 0 amide bonds. The molecule has 1 aromatic rings. The molecule has 1 aromatic heterocycles. The first-order valence-electron chi connectivity index (χ1n) is 7.33. The number of ether oxygens (including phenoxy) is 1. The lowest BCUT2D eigenvalue weighted by molar-refractivity contribution is 0.0842. The molecule has 0 spiro atoms. The average Bonchev–Trinajstić information content (AvgIpc) is 3.05. The highest BCUT2D eigenvalue weighted by Gasteiger charge is 2.35. The van der Waals surface area contributed by atoms with Crippen molar-refractivity contribution in [1.82, 2.24) is 9.78 Å². The molecule has 18 heavy (non-hydrogen) atoms. The summed E-state index contributed by atoms with van der Waals surface area (Å²) in [5.74, 6) is 2.66. The third-order valence-corrected chi connectivity index (χ3v) is 4.87. The largest absolute Gasteiger partial charge is 0.381 e. The highest BCUT2D eigenvalue weighted by atomic mass is 16.5. The van der Waals surface area contributed by atoms with E-state index < -0.39 is 0 Å². The third-order valence-electron chi connectivity index (χ3n) is 4.87. The first-order valence-corrected chi connectivity index (χ1v) is 7.33. The molecular weight excluding hydrogens is 226 g/mol. The Labute approximate surface area is 108 Å². The molecule has 0 radical (unpaired) electrons. The van der Waals surface area contributed by atoms with Gasteiger partial charge < -0.3 is 10.1 Å². The Morgan fingerprint density at radius 2 is 2.11 bits per heavy atom. The van der Waals surface area contributed by atoms with Crippen LogP contribution >= 0.6 is 0 Å². The standard InChI is InChI=1S/C14H21N3O/c1-2-11-9-15-14-8-12(10-4-6-18-7-5-10)16-17(14)13(11)3-1/h8,10-11,13,15H,1-7,9H2. The van der Waals surface area contributed by atoms with E-state index in [9.17, 15) is 0 Å². The van der Waals surface area contributed by atoms with E-state index in [1.54, 1.807) is 0 Å². The van der Waals surface area contributed by atoms with E-state index in [2.05, 4.69) is 16.1 Å². The SMILES string of the molecule is c1c(C2CCOCC2)nn2c1NCC1CCCC12. The maximum Gasteiger partial charge on any atom is 0.124 e. The Bertz CT molecular complexity index is 436. The quantitative estimate of drug-likeness (QED) is 0.829. The van der Waals surface area contributed by atoms with Crippen LogP contribution < -0.4 is 5.32 Å². The van der Waals surface area contributed by atoms with E-state index in [-0.39, 0.29) is 0 Å². The molecule has 2 unspecified atom stereocenters. The number of hydrogen-bond acceptors (Lipinski definition) is 3. The van der Waals surface area contributed by atoms with Crippen molar-refractivity contribution < 1.29 is 4.74 Å². The molecule has 2 atom stereocenters. The predicted octanol–water partition coefficient (Wildman–Crippen LogP) is 2.54. The van der Waals surface area contributed by atoms with Gasteiger partial charge in [0.05, 0.1) is 11.7 Å². The molecule has 3 heterocycles. The smallest absolute Gasteiger partial charge is 0.124 e. The van der Waals surface area contributed by atoms with Crippen molar-refractivity contribution in [2.24, 2.45) is 5.92 Å². The second-order valence-electron chi connectivity index (χ2n) is 5.92. The van der Waals surface area contributed by atoms with Crippen LogP contribution in [0.5, 0.6) is 0 Å². The minimum Gasteiger partial charge on any atom is -0.381 e. The van der Waals surface area contributed by atoms with E-state index >= 15 is 0 Å². The number of rotatable bonds is 1. The lowest BCUT2D eigenvalue weighted by atomic mass is 9.97. The van der Waals surface area contributed by atoms with Gasteiger partial charge in [-0.25, -0.2) is 4.68 Å². The van der Waals surface area contributed by atoms with Gasteiger partial charge in [0.25, 0.3) is 0 Å². The molecular formula is C14H21N3O. The summed E-state index contributed by atoms with van der Waals surface area (Å²) in [7, 11) is 0. The predicted molar refractivity (Wildman–Crippen MR) is 69.9 cm³/mol. The van der Waals surface area contributed by atoms with E-state index in [1.807, 2.05) is 0 Å². The molecule has 98 valence electrons. The summed E-state index contributed by atoms with van der Waals surface area (Å²) in [6.07, 6.45) is 6.30. The van der Waals surface area contributed by atoms with E-state index in [4.69, 9.17) is 9.84 Å². The molecule has 2 aliphatic heterocycles. The number of hydrogen-bond donors (Lipinski definition) is 1. The molecule has 3 aliphatic rings. The van der Waals surface area contributed by atoms with Gasteiger partial charge in [-0.1, -0.05) is 6.42 Å². The lowest BCUT2D eigenvalue weighted by Crippen LogP contribution is -2.29. The number of anilines is 1. The molecule has 0 aromatic carbocycles. The first kappa shape index (κ1) is 10.9. The van der Waals surface area contributed by atoms with Crippen LogP contribution in [0, 0.1) is 5.92 Å². The molecule has 0 bridgehead atoms. The molecule has 4 rings (SSSR count). The van der Waals surface area contributed by atoms with Crippen LogP contribution in [0.3, 0.4) is 0 Å². The minimum absolute atomic E-state index is 0.610. The highest BCUT2D eigenvalue weighted by Crippen LogP contribution is 2.41. The molecule has 4 heteroatoms. The van der Waals surface area contributed by atoms with Gasteiger partial charge in [-0.2, -0.15) is 5.10 Å². The third kappa shape index (κ3) is 1.66. The Morgan fingerprint density at radius 3 is 3.00 bits per heavy atom. The van der Waals surface area contributed by atoms with Gasteiger partial charge in [0.1, 0.15) is 5.82 Å². The average molecular weight is 247 g/mol. The van der Waals surface area contributed by atoms with Gasteiger partial charge in [-0.15, -0.1) is 0 Å². The fourth-order valence-electron chi connectivity index (χ4n) is 3.80. The van der Waals surface area contributed by atoms with Crippen molar-refractivity contribution >= 4 is 5.82 Å². The lowest BCUT2D eigenvalue weighted by Gasteiger charge is -2.28. The summed E-state index contributed by atoms with van der Waals surface area (Å²) in [6.45, 7) is 2.93. The fraction of sp³-hybridized carbons (Fsp3) is 0.786. The Hall–Kier alpha value is -1.03. The zero-order valence-electron chi connectivity index (χ0n) is 10.8. The van der Waals surface area contributed by atoms with Crippen LogP contribution in [-0.4, -0.2) is 29.5 Å². The molecule has 1 saturated heterocycles. The van der Waals surface area contributed by atoms with Gasteiger partial charge in [-0.3, -0.25) is 0 Å². The molecule has 1 aliphatic carbocycles. The maximum atomic E-state index is 5.44. The maximum absolute atomic E-state index is 5.44. The van der Waals surface area contributed by atoms with Crippen molar-refractivity contribution in [1.29, 1.82) is 0 Å². The molecule has 1 N–H and O–H groups in total. The van der Waals surface area contributed by atoms with Gasteiger partial charge in [0.2, 0.25) is 0 Å². The summed E-state index contributed by atoms with van der Waals surface area (Å²) in [6, 6.07) is 2.94. The monoisotopic (exact) mass is 247 g/mol. The summed E-state index contributed by atoms with van der Waals surface area (Å²) >= 11 is 0. The van der Waals surface area contributed by atoms with Crippen molar-refractivity contribution in [3.63, 3.8) is 0 Å². The zero-order valence-corrected chi connectivity index (χ0v) is 10.8. The summed E-state index contributed by atoms with van der Waals surface area (Å²) < 4.78 is 7.73. The number of nitrogens with one attached hydrogen (secondary N) is 1. The molecule has 1 saturated carbocycles. The number of nitrogens with zero attached hydrogens (tertiary/aromatic N) is 2. The molecule has 2 fully saturated rings. The van der Waals surface area contributed by atoms with Crippen LogP contribution in [0.1, 0.15) is 49.8 Å². The van der Waals surface area contributed by atoms with Crippen LogP contribution in [0.25, 0.3) is 0 Å². The van der Waals surface area contributed by atoms with Crippen molar-refractivity contribution in [3.05, 3.63) is 11.8 Å². The van der Waals surface area contributed by atoms with E-state index in [1.165, 1.54) is 30.8 Å². The number of aromatic nitrogens is 2. The zero-order chi connectivity index (χ0) is 11.9. The summed E-state index contributed by atoms with van der Waals surface area (Å²) in [4.78, 5) is 0. The van der Waals surface area contributed by atoms with Crippen molar-refractivity contribution in [3.8, 4) is 0 Å². The van der Waals surface area contributed by atoms with E-state index in [0.717, 1.165) is 38.5 Å². The number of fused-ring (bicyclic) bond motifs is 3. The second-order valence-corrected chi connectivity index (χ2v) is 5.92. The second kappa shape index (κ2) is 4.26. The Morgan fingerprint density at radius 1 is 1.22 bits per heavy atom.